The van der Waals surface area contributed by atoms with Crippen LogP contribution >= 0.6 is 0 Å². The summed E-state index contributed by atoms with van der Waals surface area (Å²) in [6.45, 7) is 4.61. The summed E-state index contributed by atoms with van der Waals surface area (Å²) in [5, 5.41) is 3.50. The third-order valence-electron chi connectivity index (χ3n) is 7.88. The lowest BCUT2D eigenvalue weighted by atomic mass is 10.0. The van der Waals surface area contributed by atoms with E-state index in [4.69, 9.17) is 9.72 Å². The molecule has 4 heterocycles. The van der Waals surface area contributed by atoms with E-state index in [-0.39, 0.29) is 21.7 Å². The topological polar surface area (TPSA) is 105 Å². The summed E-state index contributed by atoms with van der Waals surface area (Å²) in [6, 6.07) is 10.3. The molecule has 2 aromatic heterocycles. The zero-order valence-electron chi connectivity index (χ0n) is 23.9. The number of pyridine rings is 2. The van der Waals surface area contributed by atoms with Crippen LogP contribution in [-0.4, -0.2) is 63.4 Å². The Hall–Kier alpha value is -4.16. The van der Waals surface area contributed by atoms with Gasteiger partial charge in [0, 0.05) is 67.8 Å². The molecule has 2 fully saturated rings. The minimum atomic E-state index is -3.40. The molecule has 0 unspecified atom stereocenters. The van der Waals surface area contributed by atoms with Crippen molar-refractivity contribution in [3.05, 3.63) is 65.9 Å². The fourth-order valence-electron chi connectivity index (χ4n) is 5.60. The van der Waals surface area contributed by atoms with Crippen LogP contribution in [0.2, 0.25) is 0 Å². The highest BCUT2D eigenvalue weighted by Gasteiger charge is 2.27. The van der Waals surface area contributed by atoms with E-state index in [1.165, 1.54) is 12.1 Å². The van der Waals surface area contributed by atoms with Crippen molar-refractivity contribution in [2.24, 2.45) is 0 Å². The van der Waals surface area contributed by atoms with Crippen molar-refractivity contribution in [1.82, 2.24) is 9.97 Å². The molecule has 0 bridgehead atoms. The van der Waals surface area contributed by atoms with E-state index in [1.807, 2.05) is 6.07 Å². The molecule has 4 aromatic rings. The van der Waals surface area contributed by atoms with E-state index in [0.29, 0.717) is 79.0 Å². The predicted molar refractivity (Wildman–Crippen MR) is 162 cm³/mol. The lowest BCUT2D eigenvalue weighted by Gasteiger charge is -2.30. The van der Waals surface area contributed by atoms with Crippen LogP contribution in [0.4, 0.5) is 31.8 Å². The number of aromatic nitrogens is 2. The molecule has 9 nitrogen and oxygen atoms in total. The first-order valence-electron chi connectivity index (χ1n) is 14.1. The van der Waals surface area contributed by atoms with Crippen LogP contribution in [0.5, 0.6) is 0 Å². The minimum absolute atomic E-state index is 0.0838. The van der Waals surface area contributed by atoms with Gasteiger partial charge in [-0.25, -0.2) is 27.2 Å². The van der Waals surface area contributed by atoms with Crippen LogP contribution in [0.3, 0.4) is 0 Å². The Kier molecular flexibility index (Phi) is 7.74. The highest BCUT2D eigenvalue weighted by atomic mass is 32.2. The molecule has 6 rings (SSSR count). The Bertz CT molecular complexity index is 1830. The Labute approximate surface area is 248 Å². The fraction of sp³-hybridized carbons (Fsp3) is 0.323. The average molecular weight is 608 g/mol. The third kappa shape index (κ3) is 5.76. The molecule has 0 saturated carbocycles. The highest BCUT2D eigenvalue weighted by Crippen LogP contribution is 2.40. The number of sulfone groups is 1. The molecule has 2 saturated heterocycles. The number of carbonyl (C=O) groups excluding carboxylic acids is 1. The van der Waals surface area contributed by atoms with Gasteiger partial charge in [0.05, 0.1) is 40.4 Å². The Balaban J connectivity index is 1.54. The molecule has 2 aliphatic heterocycles. The van der Waals surface area contributed by atoms with Crippen molar-refractivity contribution in [2.75, 3.05) is 54.2 Å². The van der Waals surface area contributed by atoms with Gasteiger partial charge in [-0.15, -0.1) is 0 Å². The summed E-state index contributed by atoms with van der Waals surface area (Å²) in [7, 11) is -3.40. The van der Waals surface area contributed by atoms with E-state index < -0.39 is 21.5 Å². The first-order valence-corrected chi connectivity index (χ1v) is 16.0. The van der Waals surface area contributed by atoms with E-state index in [9.17, 15) is 17.6 Å². The van der Waals surface area contributed by atoms with Crippen LogP contribution in [0.1, 0.15) is 24.8 Å². The Morgan fingerprint density at radius 3 is 2.44 bits per heavy atom. The number of hydrogen-bond donors (Lipinski definition) is 1. The summed E-state index contributed by atoms with van der Waals surface area (Å²) < 4.78 is 59.6. The lowest BCUT2D eigenvalue weighted by Crippen LogP contribution is -2.36. The number of hydrogen-bond acceptors (Lipinski definition) is 8. The van der Waals surface area contributed by atoms with Gasteiger partial charge in [-0.2, -0.15) is 0 Å². The fourth-order valence-corrected chi connectivity index (χ4v) is 6.23. The normalized spacial score (nSPS) is 16.1. The maximum absolute atomic E-state index is 15.5. The molecular formula is C31H31F2N5O4S. The summed E-state index contributed by atoms with van der Waals surface area (Å²) in [5.41, 5.74) is 2.86. The lowest BCUT2D eigenvalue weighted by molar-refractivity contribution is -0.119. The second-order valence-corrected chi connectivity index (χ2v) is 12.8. The van der Waals surface area contributed by atoms with Crippen molar-refractivity contribution in [3.63, 3.8) is 0 Å². The van der Waals surface area contributed by atoms with E-state index in [2.05, 4.69) is 15.2 Å². The van der Waals surface area contributed by atoms with Crippen molar-refractivity contribution in [3.8, 4) is 11.1 Å². The van der Waals surface area contributed by atoms with Crippen molar-refractivity contribution >= 4 is 49.7 Å². The average Bonchev–Trinajstić information content (AvgIpc) is 2.99. The number of nitrogens with one attached hydrogen (secondary N) is 1. The number of amides is 1. The Morgan fingerprint density at radius 2 is 1.74 bits per heavy atom. The molecule has 0 atom stereocenters. The summed E-state index contributed by atoms with van der Waals surface area (Å²) in [5.74, 6) is -0.615. The zero-order valence-corrected chi connectivity index (χ0v) is 24.7. The van der Waals surface area contributed by atoms with Crippen LogP contribution in [0, 0.1) is 18.6 Å². The van der Waals surface area contributed by atoms with Gasteiger partial charge < -0.3 is 15.0 Å². The zero-order chi connectivity index (χ0) is 30.3. The molecule has 0 radical (unpaired) electrons. The number of piperidine rings is 1. The number of anilines is 4. The molecular weight excluding hydrogens is 576 g/mol. The van der Waals surface area contributed by atoms with Crippen LogP contribution < -0.4 is 15.1 Å². The number of morpholine rings is 1. The first-order chi connectivity index (χ1) is 20.6. The van der Waals surface area contributed by atoms with Crippen molar-refractivity contribution < 1.29 is 26.7 Å². The van der Waals surface area contributed by atoms with E-state index in [1.54, 1.807) is 30.2 Å². The molecule has 1 amide bonds. The van der Waals surface area contributed by atoms with Gasteiger partial charge in [0.1, 0.15) is 23.3 Å². The summed E-state index contributed by atoms with van der Waals surface area (Å²) in [4.78, 5) is 26.0. The molecule has 224 valence electrons. The number of carbonyl (C=O) groups is 1. The number of nitrogens with zero attached hydrogens (tertiary/aromatic N) is 4. The predicted octanol–water partition coefficient (Wildman–Crippen LogP) is 5.38. The van der Waals surface area contributed by atoms with Gasteiger partial charge in [0.25, 0.3) is 0 Å². The number of benzene rings is 2. The minimum Gasteiger partial charge on any atom is -0.378 e. The molecule has 12 heteroatoms. The largest absolute Gasteiger partial charge is 0.378 e. The van der Waals surface area contributed by atoms with Gasteiger partial charge in [-0.3, -0.25) is 9.69 Å². The second-order valence-electron chi connectivity index (χ2n) is 10.8. The smallest absolute Gasteiger partial charge is 0.228 e. The van der Waals surface area contributed by atoms with Gasteiger partial charge in [0.2, 0.25) is 5.91 Å². The third-order valence-corrected chi connectivity index (χ3v) is 9.01. The highest BCUT2D eigenvalue weighted by molar-refractivity contribution is 7.90. The SMILES string of the molecule is Cc1c(N2CCCCC2=O)nc2cc(F)cc(F)c2c1Nc1cc(N2CCOCC2)ncc1-c1ccc(S(C)(=O)=O)cc1. The molecule has 0 spiro atoms. The number of fused-ring (bicyclic) bond motifs is 1. The van der Waals surface area contributed by atoms with Gasteiger partial charge >= 0.3 is 0 Å². The molecule has 2 aliphatic rings. The summed E-state index contributed by atoms with van der Waals surface area (Å²) >= 11 is 0. The number of ether oxygens (including phenoxy) is 1. The van der Waals surface area contributed by atoms with Gasteiger partial charge in [0.15, 0.2) is 9.84 Å². The monoisotopic (exact) mass is 607 g/mol. The maximum Gasteiger partial charge on any atom is 0.228 e. The van der Waals surface area contributed by atoms with E-state index in [0.717, 1.165) is 31.2 Å². The first kappa shape index (κ1) is 28.9. The van der Waals surface area contributed by atoms with Crippen molar-refractivity contribution in [2.45, 2.75) is 31.1 Å². The van der Waals surface area contributed by atoms with Gasteiger partial charge in [-0.05, 0) is 37.5 Å². The number of rotatable bonds is 6. The van der Waals surface area contributed by atoms with Crippen LogP contribution in [0.15, 0.2) is 53.6 Å². The molecule has 43 heavy (non-hydrogen) atoms. The van der Waals surface area contributed by atoms with E-state index >= 15 is 4.39 Å². The van der Waals surface area contributed by atoms with Crippen LogP contribution in [-0.2, 0) is 19.4 Å². The number of halogens is 2. The van der Waals surface area contributed by atoms with Crippen molar-refractivity contribution in [1.29, 1.82) is 0 Å². The molecule has 2 aromatic carbocycles. The summed E-state index contributed by atoms with van der Waals surface area (Å²) in [6.07, 6.45) is 4.78. The Morgan fingerprint density at radius 1 is 1.00 bits per heavy atom. The quantitative estimate of drug-likeness (QED) is 0.312. The molecule has 0 aliphatic carbocycles. The molecule has 1 N–H and O–H groups in total. The maximum atomic E-state index is 15.5. The van der Waals surface area contributed by atoms with Crippen LogP contribution in [0.25, 0.3) is 22.0 Å². The standard InChI is InChI=1S/C31H31F2N5O4S/c1-19-30(29-24(33)15-21(32)16-26(29)36-31(19)38-10-4-3-5-28(38)39)35-25-17-27(37-11-13-42-14-12-37)34-18-23(25)20-6-8-22(9-7-20)43(2,40)41/h6-9,15-18H,3-5,10-14H2,1-2H3,(H,34,35,36). The van der Waals surface area contributed by atoms with Gasteiger partial charge in [-0.1, -0.05) is 12.1 Å². The second kappa shape index (κ2) is 11.5.